The third-order valence-corrected chi connectivity index (χ3v) is 11.7. The van der Waals surface area contributed by atoms with Crippen LogP contribution in [0.5, 0.6) is 0 Å². The van der Waals surface area contributed by atoms with Crippen LogP contribution in [0.1, 0.15) is 154 Å². The van der Waals surface area contributed by atoms with Crippen molar-refractivity contribution in [3.8, 4) is 0 Å². The Morgan fingerprint density at radius 1 is 0.825 bits per heavy atom. The van der Waals surface area contributed by atoms with Crippen molar-refractivity contribution in [2.24, 2.45) is 5.92 Å². The number of hydrogen-bond acceptors (Lipinski definition) is 8. The molecule has 0 amide bonds. The van der Waals surface area contributed by atoms with E-state index in [1.54, 1.807) is 0 Å². The maximum Gasteiger partial charge on any atom is 0.348 e. The average Bonchev–Trinajstić information content (AvgIpc) is 3.87. The summed E-state index contributed by atoms with van der Waals surface area (Å²) in [5, 5.41) is 4.81. The van der Waals surface area contributed by atoms with E-state index in [9.17, 15) is 4.79 Å². The number of rotatable bonds is 29. The summed E-state index contributed by atoms with van der Waals surface area (Å²) in [6, 6.07) is 19.0. The average molecular weight is 795 g/mol. The third-order valence-electron chi connectivity index (χ3n) is 11.7. The van der Waals surface area contributed by atoms with Crippen LogP contribution in [-0.2, 0) is 44.2 Å². The lowest BCUT2D eigenvalue weighted by Gasteiger charge is -2.39. The first-order chi connectivity index (χ1) is 27.8. The van der Waals surface area contributed by atoms with E-state index in [1.165, 1.54) is 77.7 Å². The van der Waals surface area contributed by atoms with Crippen LogP contribution in [0, 0.1) is 5.92 Å². The molecule has 1 heterocycles. The molecule has 0 aromatic heterocycles. The van der Waals surface area contributed by atoms with E-state index in [1.807, 2.05) is 80.6 Å². The molecule has 1 aliphatic heterocycles. The lowest BCUT2D eigenvalue weighted by Crippen LogP contribution is -2.51. The van der Waals surface area contributed by atoms with Crippen molar-refractivity contribution in [2.45, 2.75) is 173 Å². The molecule has 320 valence electrons. The number of ether oxygens (including phenoxy) is 3. The molecule has 0 spiro atoms. The van der Waals surface area contributed by atoms with Crippen LogP contribution in [0.3, 0.4) is 0 Å². The molecule has 1 saturated carbocycles. The van der Waals surface area contributed by atoms with Gasteiger partial charge in [-0.25, -0.2) is 14.6 Å². The molecule has 5 unspecified atom stereocenters. The molecule has 1 aliphatic carbocycles. The predicted octanol–water partition coefficient (Wildman–Crippen LogP) is 11.3. The first-order valence-corrected chi connectivity index (χ1v) is 22.3. The molecule has 2 aromatic rings. The van der Waals surface area contributed by atoms with Gasteiger partial charge in [-0.05, 0) is 30.9 Å². The smallest absolute Gasteiger partial charge is 0.348 e. The maximum atomic E-state index is 15.0. The monoisotopic (exact) mass is 795 g/mol. The zero-order chi connectivity index (χ0) is 41.4. The van der Waals surface area contributed by atoms with Gasteiger partial charge in [0.05, 0.1) is 39.2 Å². The van der Waals surface area contributed by atoms with Gasteiger partial charge >= 0.3 is 11.9 Å². The Morgan fingerprint density at radius 3 is 1.86 bits per heavy atom. The van der Waals surface area contributed by atoms with Gasteiger partial charge in [-0.2, -0.15) is 0 Å². The predicted molar refractivity (Wildman–Crippen MR) is 227 cm³/mol. The lowest BCUT2D eigenvalue weighted by molar-refractivity contribution is -0.920. The highest BCUT2D eigenvalue weighted by atomic mass is 17.5. The summed E-state index contributed by atoms with van der Waals surface area (Å²) in [5.74, 6) is -1.34. The fourth-order valence-corrected chi connectivity index (χ4v) is 8.03. The van der Waals surface area contributed by atoms with E-state index in [-0.39, 0.29) is 18.4 Å². The fourth-order valence-electron chi connectivity index (χ4n) is 8.03. The van der Waals surface area contributed by atoms with E-state index in [2.05, 4.69) is 27.5 Å². The summed E-state index contributed by atoms with van der Waals surface area (Å²) >= 11 is 0. The van der Waals surface area contributed by atoms with E-state index in [0.29, 0.717) is 30.4 Å². The normalized spacial score (nSPS) is 18.8. The van der Waals surface area contributed by atoms with Crippen LogP contribution in [0.25, 0.3) is 0 Å². The number of carbonyl (C=O) groups is 2. The maximum absolute atomic E-state index is 15.0. The van der Waals surface area contributed by atoms with Crippen molar-refractivity contribution in [3.63, 3.8) is 0 Å². The summed E-state index contributed by atoms with van der Waals surface area (Å²) in [6.45, 7) is 14.7. The molecule has 9 nitrogen and oxygen atoms in total. The van der Waals surface area contributed by atoms with E-state index < -0.39 is 36.0 Å². The van der Waals surface area contributed by atoms with Gasteiger partial charge in [0.1, 0.15) is 12.2 Å². The zero-order valence-corrected chi connectivity index (χ0v) is 36.3. The third kappa shape index (κ3) is 15.6. The Kier molecular flexibility index (Phi) is 22.7. The van der Waals surface area contributed by atoms with Gasteiger partial charge in [-0.15, -0.1) is 6.58 Å². The molecule has 57 heavy (non-hydrogen) atoms. The van der Waals surface area contributed by atoms with Gasteiger partial charge in [0.15, 0.2) is 0 Å². The van der Waals surface area contributed by atoms with E-state index in [4.69, 9.17) is 29.0 Å². The quantitative estimate of drug-likeness (QED) is 0.0153. The van der Waals surface area contributed by atoms with Gasteiger partial charge in [0.2, 0.25) is 11.9 Å². The minimum absolute atomic E-state index is 0.258. The molecule has 2 aromatic carbocycles. The number of quaternary nitrogens is 1. The van der Waals surface area contributed by atoms with Crippen LogP contribution in [0.4, 0.5) is 0 Å². The highest BCUT2D eigenvalue weighted by molar-refractivity contribution is 5.86. The second-order valence-corrected chi connectivity index (χ2v) is 16.1. The summed E-state index contributed by atoms with van der Waals surface area (Å²) in [6.07, 6.45) is 18.6. The van der Waals surface area contributed by atoms with Crippen molar-refractivity contribution >= 4 is 11.9 Å². The first-order valence-electron chi connectivity index (χ1n) is 22.3. The standard InChI is InChI=1S/C46H70NO8.C2H6/c1-6-8-9-10-11-12-13-14-15-16-17-24-32-43(48)52-44(41-36-42(41)54-55-50-5)53-46(38-28-20-18-21-29-38,39-30-22-19-23-31-39)45(49)51-40(27-7-2)35-37(3)47(4)33-25-26-34-47;1-2/h7,18-23,28-31,37,40-42,44H,2,6,8-17,24-27,32-36H2,1,3-5H3;1-2H3/q+1;. The van der Waals surface area contributed by atoms with Crippen molar-refractivity contribution in [2.75, 3.05) is 27.2 Å². The number of carbonyl (C=O) groups excluding carboxylic acids is 2. The number of unbranched alkanes of at least 4 members (excludes halogenated alkanes) is 11. The molecule has 0 bridgehead atoms. The minimum atomic E-state index is -1.76. The van der Waals surface area contributed by atoms with Crippen molar-refractivity contribution in [3.05, 3.63) is 84.4 Å². The Hall–Kier alpha value is -3.08. The van der Waals surface area contributed by atoms with Gasteiger partial charge in [0.25, 0.3) is 0 Å². The number of hydrogen-bond donors (Lipinski definition) is 0. The fraction of sp³-hybridized carbons (Fsp3) is 0.667. The van der Waals surface area contributed by atoms with Gasteiger partial charge in [-0.3, -0.25) is 4.79 Å². The Labute approximate surface area is 345 Å². The summed E-state index contributed by atoms with van der Waals surface area (Å²) in [4.78, 5) is 38.7. The van der Waals surface area contributed by atoms with Gasteiger partial charge in [-0.1, -0.05) is 163 Å². The van der Waals surface area contributed by atoms with E-state index in [0.717, 1.165) is 36.8 Å². The minimum Gasteiger partial charge on any atom is -0.459 e. The summed E-state index contributed by atoms with van der Waals surface area (Å²) in [5.41, 5.74) is -0.611. The van der Waals surface area contributed by atoms with Crippen LogP contribution in [0.15, 0.2) is 73.3 Å². The second-order valence-electron chi connectivity index (χ2n) is 16.1. The molecular weight excluding hydrogens is 719 g/mol. The highest BCUT2D eigenvalue weighted by Gasteiger charge is 2.55. The highest BCUT2D eigenvalue weighted by Crippen LogP contribution is 2.45. The molecule has 4 rings (SSSR count). The van der Waals surface area contributed by atoms with Gasteiger partial charge in [0, 0.05) is 32.1 Å². The largest absolute Gasteiger partial charge is 0.459 e. The van der Waals surface area contributed by atoms with Crippen molar-refractivity contribution < 1.29 is 43.1 Å². The topological polar surface area (TPSA) is 89.5 Å². The Morgan fingerprint density at radius 2 is 1.35 bits per heavy atom. The number of nitrogens with zero attached hydrogens (tertiary/aromatic N) is 1. The first kappa shape index (κ1) is 48.3. The molecule has 1 saturated heterocycles. The summed E-state index contributed by atoms with van der Waals surface area (Å²) < 4.78 is 20.6. The van der Waals surface area contributed by atoms with Crippen LogP contribution in [-0.4, -0.2) is 68.2 Å². The molecule has 0 radical (unpaired) electrons. The summed E-state index contributed by atoms with van der Waals surface area (Å²) in [7, 11) is 3.65. The number of esters is 2. The number of benzene rings is 2. The van der Waals surface area contributed by atoms with Crippen molar-refractivity contribution in [1.82, 2.24) is 0 Å². The molecule has 5 atom stereocenters. The Balaban J connectivity index is 0.00000428. The Bertz CT molecular complexity index is 1340. The molecular formula is C48H76NO8+. The van der Waals surface area contributed by atoms with Gasteiger partial charge < -0.3 is 18.7 Å². The SMILES string of the molecule is C=CCC(CC(C)[N+]1(C)CCCC1)OC(=O)C(OC(OC(=O)CCCCCCCCCCCCCC)C1CC1OOOC)(c1ccccc1)c1ccccc1.CC. The van der Waals surface area contributed by atoms with Crippen LogP contribution in [0.2, 0.25) is 0 Å². The molecule has 9 heteroatoms. The van der Waals surface area contributed by atoms with Crippen LogP contribution >= 0.6 is 0 Å². The lowest BCUT2D eigenvalue weighted by atomic mass is 9.85. The molecule has 0 N–H and O–H groups in total. The molecule has 2 fully saturated rings. The zero-order valence-electron chi connectivity index (χ0n) is 36.3. The molecule has 2 aliphatic rings. The van der Waals surface area contributed by atoms with Crippen molar-refractivity contribution in [1.29, 1.82) is 0 Å². The van der Waals surface area contributed by atoms with Crippen LogP contribution < -0.4 is 0 Å². The van der Waals surface area contributed by atoms with E-state index >= 15 is 4.79 Å². The number of likely N-dealkylation sites (tertiary alicyclic amines) is 1. The second kappa shape index (κ2) is 26.8.